The van der Waals surface area contributed by atoms with E-state index in [0.717, 1.165) is 24.9 Å². The highest BCUT2D eigenvalue weighted by Gasteiger charge is 2.26. The largest absolute Gasteiger partial charge is 0.396 e. The van der Waals surface area contributed by atoms with Crippen LogP contribution in [-0.4, -0.2) is 52.3 Å². The molecule has 1 aromatic heterocycles. The van der Waals surface area contributed by atoms with Crippen molar-refractivity contribution < 1.29 is 15.0 Å². The average molecular weight is 288 g/mol. The Balaban J connectivity index is 1.96. The van der Waals surface area contributed by atoms with E-state index < -0.39 is 0 Å². The number of pyridine rings is 1. The predicted molar refractivity (Wildman–Crippen MR) is 78.5 cm³/mol. The van der Waals surface area contributed by atoms with Crippen LogP contribution in [0.25, 0.3) is 0 Å². The first-order chi connectivity index (χ1) is 10.2. The van der Waals surface area contributed by atoms with E-state index in [1.807, 2.05) is 0 Å². The molecule has 1 aromatic rings. The zero-order valence-electron chi connectivity index (χ0n) is 12.0. The molecule has 0 saturated carbocycles. The molecular formula is C16H20N2O3. The number of carbonyl (C=O) groups is 1. The number of nitrogens with zero attached hydrogens (tertiary/aromatic N) is 2. The third kappa shape index (κ3) is 4.28. The molecule has 1 saturated heterocycles. The second kappa shape index (κ2) is 7.77. The molecule has 2 rings (SSSR count). The van der Waals surface area contributed by atoms with E-state index in [-0.39, 0.29) is 19.1 Å². The van der Waals surface area contributed by atoms with Crippen LogP contribution >= 0.6 is 0 Å². The summed E-state index contributed by atoms with van der Waals surface area (Å²) in [7, 11) is 0. The van der Waals surface area contributed by atoms with Gasteiger partial charge < -0.3 is 15.1 Å². The molecule has 0 spiro atoms. The van der Waals surface area contributed by atoms with E-state index in [1.54, 1.807) is 23.2 Å². The van der Waals surface area contributed by atoms with Gasteiger partial charge in [-0.25, -0.2) is 4.98 Å². The summed E-state index contributed by atoms with van der Waals surface area (Å²) in [5.41, 5.74) is 1.16. The topological polar surface area (TPSA) is 73.7 Å². The van der Waals surface area contributed by atoms with Crippen molar-refractivity contribution in [3.05, 3.63) is 29.6 Å². The highest BCUT2D eigenvalue weighted by atomic mass is 16.3. The molecule has 2 heterocycles. The van der Waals surface area contributed by atoms with Gasteiger partial charge in [-0.15, -0.1) is 0 Å². The minimum atomic E-state index is -0.0645. The molecule has 2 N–H and O–H groups in total. The van der Waals surface area contributed by atoms with Gasteiger partial charge in [0.25, 0.3) is 5.91 Å². The van der Waals surface area contributed by atoms with Gasteiger partial charge in [-0.3, -0.25) is 4.79 Å². The fraction of sp³-hybridized carbons (Fsp3) is 0.500. The second-order valence-corrected chi connectivity index (χ2v) is 5.13. The highest BCUT2D eigenvalue weighted by molar-refractivity contribution is 5.92. The molecule has 0 aliphatic carbocycles. The van der Waals surface area contributed by atoms with Crippen LogP contribution in [0.5, 0.6) is 0 Å². The molecule has 1 amide bonds. The number of carbonyl (C=O) groups excluding carboxylic acids is 1. The first kappa shape index (κ1) is 15.5. The molecule has 112 valence electrons. The number of rotatable bonds is 4. The van der Waals surface area contributed by atoms with Crippen LogP contribution in [0, 0.1) is 17.8 Å². The average Bonchev–Trinajstić information content (AvgIpc) is 2.97. The smallest absolute Gasteiger partial charge is 0.272 e. The quantitative estimate of drug-likeness (QED) is 0.798. The Morgan fingerprint density at radius 3 is 2.90 bits per heavy atom. The third-order valence-electron chi connectivity index (χ3n) is 3.56. The Morgan fingerprint density at radius 2 is 2.24 bits per heavy atom. The van der Waals surface area contributed by atoms with Crippen LogP contribution in [0.15, 0.2) is 18.3 Å². The molecule has 1 atom stereocenters. The van der Waals surface area contributed by atoms with Crippen molar-refractivity contribution in [3.8, 4) is 11.8 Å². The number of aromatic nitrogens is 1. The van der Waals surface area contributed by atoms with Gasteiger partial charge in [-0.2, -0.15) is 0 Å². The van der Waals surface area contributed by atoms with Gasteiger partial charge in [0.15, 0.2) is 0 Å². The summed E-state index contributed by atoms with van der Waals surface area (Å²) in [5.74, 6) is 6.02. The van der Waals surface area contributed by atoms with Gasteiger partial charge >= 0.3 is 0 Å². The summed E-state index contributed by atoms with van der Waals surface area (Å²) >= 11 is 0. The number of likely N-dealkylation sites (tertiary alicyclic amines) is 1. The summed E-state index contributed by atoms with van der Waals surface area (Å²) in [5, 5.41) is 17.6. The molecule has 1 fully saturated rings. The van der Waals surface area contributed by atoms with E-state index in [0.29, 0.717) is 24.6 Å². The third-order valence-corrected chi connectivity index (χ3v) is 3.56. The summed E-state index contributed by atoms with van der Waals surface area (Å²) in [6.45, 7) is 1.63. The molecule has 0 bridgehead atoms. The lowest BCUT2D eigenvalue weighted by Crippen LogP contribution is -2.29. The van der Waals surface area contributed by atoms with Crippen LogP contribution in [-0.2, 0) is 0 Å². The Kier molecular flexibility index (Phi) is 5.73. The lowest BCUT2D eigenvalue weighted by molar-refractivity contribution is 0.0779. The highest BCUT2D eigenvalue weighted by Crippen LogP contribution is 2.20. The number of aliphatic hydroxyl groups is 2. The van der Waals surface area contributed by atoms with E-state index in [2.05, 4.69) is 16.8 Å². The van der Waals surface area contributed by atoms with E-state index in [1.165, 1.54) is 0 Å². The van der Waals surface area contributed by atoms with Crippen molar-refractivity contribution in [1.82, 2.24) is 9.88 Å². The molecule has 0 radical (unpaired) electrons. The maximum atomic E-state index is 12.3. The lowest BCUT2D eigenvalue weighted by atomic mass is 10.1. The summed E-state index contributed by atoms with van der Waals surface area (Å²) < 4.78 is 0. The van der Waals surface area contributed by atoms with Gasteiger partial charge in [-0.05, 0) is 30.9 Å². The van der Waals surface area contributed by atoms with Gasteiger partial charge in [0.2, 0.25) is 0 Å². The Bertz CT molecular complexity index is 531. The summed E-state index contributed by atoms with van der Waals surface area (Å²) in [6, 6.07) is 3.45. The second-order valence-electron chi connectivity index (χ2n) is 5.13. The van der Waals surface area contributed by atoms with Crippen molar-refractivity contribution in [2.24, 2.45) is 5.92 Å². The minimum absolute atomic E-state index is 0.0426. The molecule has 1 unspecified atom stereocenters. The number of aliphatic hydroxyl groups excluding tert-OH is 2. The molecule has 0 aromatic carbocycles. The predicted octanol–water partition coefficient (Wildman–Crippen LogP) is 0.660. The fourth-order valence-electron chi connectivity index (χ4n) is 2.41. The number of amides is 1. The van der Waals surface area contributed by atoms with Crippen molar-refractivity contribution in [3.63, 3.8) is 0 Å². The zero-order valence-corrected chi connectivity index (χ0v) is 12.0. The monoisotopic (exact) mass is 288 g/mol. The fourth-order valence-corrected chi connectivity index (χ4v) is 2.41. The molecule has 1 aliphatic heterocycles. The van der Waals surface area contributed by atoms with E-state index in [9.17, 15) is 4.79 Å². The lowest BCUT2D eigenvalue weighted by Gasteiger charge is -2.15. The minimum Gasteiger partial charge on any atom is -0.396 e. The van der Waals surface area contributed by atoms with E-state index in [4.69, 9.17) is 10.2 Å². The van der Waals surface area contributed by atoms with Crippen LogP contribution in [0.1, 0.15) is 35.3 Å². The molecule has 5 nitrogen and oxygen atoms in total. The van der Waals surface area contributed by atoms with Crippen molar-refractivity contribution in [1.29, 1.82) is 0 Å². The molecule has 1 aliphatic rings. The molecular weight excluding hydrogens is 268 g/mol. The standard InChI is InChI=1S/C16H20N2O3/c19-9-2-1-3-13-4-5-15(17-11-13)16(21)18-8-6-14(12-18)7-10-20/h4-5,11,14,19-20H,2,6-10,12H2. The van der Waals surface area contributed by atoms with Gasteiger partial charge in [0, 0.05) is 37.9 Å². The Labute approximate surface area is 124 Å². The van der Waals surface area contributed by atoms with Crippen molar-refractivity contribution in [2.45, 2.75) is 19.3 Å². The zero-order chi connectivity index (χ0) is 15.1. The van der Waals surface area contributed by atoms with Crippen molar-refractivity contribution in [2.75, 3.05) is 26.3 Å². The first-order valence-corrected chi connectivity index (χ1v) is 7.20. The van der Waals surface area contributed by atoms with Crippen LogP contribution in [0.3, 0.4) is 0 Å². The normalized spacial score (nSPS) is 17.4. The molecule has 21 heavy (non-hydrogen) atoms. The maximum Gasteiger partial charge on any atom is 0.272 e. The Hall–Kier alpha value is -1.90. The van der Waals surface area contributed by atoms with Crippen molar-refractivity contribution >= 4 is 5.91 Å². The van der Waals surface area contributed by atoms with Gasteiger partial charge in [0.05, 0.1) is 6.61 Å². The first-order valence-electron chi connectivity index (χ1n) is 7.20. The number of hydrogen-bond acceptors (Lipinski definition) is 4. The van der Waals surface area contributed by atoms with Crippen LogP contribution in [0.2, 0.25) is 0 Å². The van der Waals surface area contributed by atoms with Gasteiger partial charge in [-0.1, -0.05) is 11.8 Å². The van der Waals surface area contributed by atoms with Crippen LogP contribution < -0.4 is 0 Å². The van der Waals surface area contributed by atoms with E-state index >= 15 is 0 Å². The Morgan fingerprint density at radius 1 is 1.38 bits per heavy atom. The summed E-state index contributed by atoms with van der Waals surface area (Å²) in [6.07, 6.45) is 3.70. The van der Waals surface area contributed by atoms with Gasteiger partial charge in [0.1, 0.15) is 5.69 Å². The van der Waals surface area contributed by atoms with Crippen LogP contribution in [0.4, 0.5) is 0 Å². The summed E-state index contributed by atoms with van der Waals surface area (Å²) in [4.78, 5) is 18.3. The number of hydrogen-bond donors (Lipinski definition) is 2. The SMILES string of the molecule is O=C(c1ccc(C#CCCO)cn1)N1CCC(CCO)C1. The maximum absolute atomic E-state index is 12.3. The molecule has 5 heteroatoms.